The first-order valence-corrected chi connectivity index (χ1v) is 8.40. The van der Waals surface area contributed by atoms with Crippen LogP contribution < -0.4 is 15.2 Å². The molecule has 0 bridgehead atoms. The molecule has 0 unspecified atom stereocenters. The monoisotopic (exact) mass is 390 g/mol. The number of nitrogens with one attached hydrogen (secondary N) is 1. The number of rotatable bonds is 4. The Morgan fingerprint density at radius 2 is 1.95 bits per heavy atom. The quantitative estimate of drug-likeness (QED) is 0.782. The zero-order valence-corrected chi connectivity index (χ0v) is 14.1. The molecule has 5 nitrogen and oxygen atoms in total. The topological polar surface area (TPSA) is 81.4 Å². The zero-order valence-electron chi connectivity index (χ0n) is 10.9. The highest BCUT2D eigenvalue weighted by Gasteiger charge is 2.20. The molecule has 0 aromatic heterocycles. The third kappa shape index (κ3) is 3.61. The van der Waals surface area contributed by atoms with Gasteiger partial charge in [0.1, 0.15) is 10.6 Å². The molecule has 0 atom stereocenters. The highest BCUT2D eigenvalue weighted by atomic mass is 79.9. The molecule has 0 fully saturated rings. The molecule has 0 saturated heterocycles. The van der Waals surface area contributed by atoms with Crippen LogP contribution in [-0.4, -0.2) is 15.5 Å². The van der Waals surface area contributed by atoms with Gasteiger partial charge in [0.25, 0.3) is 10.0 Å². The van der Waals surface area contributed by atoms with Crippen LogP contribution >= 0.6 is 27.5 Å². The SMILES string of the molecule is COc1cc(N)ccc1S(=O)(=O)Nc1ccc(Br)cc1Cl. The van der Waals surface area contributed by atoms with E-state index in [1.165, 1.54) is 25.3 Å². The van der Waals surface area contributed by atoms with E-state index in [0.29, 0.717) is 5.69 Å². The summed E-state index contributed by atoms with van der Waals surface area (Å²) < 4.78 is 33.1. The third-order valence-corrected chi connectivity index (χ3v) is 4.86. The van der Waals surface area contributed by atoms with Crippen molar-refractivity contribution in [2.24, 2.45) is 0 Å². The number of methoxy groups -OCH3 is 1. The Bertz CT molecular complexity index is 781. The minimum atomic E-state index is -3.84. The van der Waals surface area contributed by atoms with E-state index in [4.69, 9.17) is 22.1 Å². The van der Waals surface area contributed by atoms with Gasteiger partial charge in [-0.2, -0.15) is 0 Å². The predicted octanol–water partition coefficient (Wildman–Crippen LogP) is 3.49. The van der Waals surface area contributed by atoms with Gasteiger partial charge in [0.05, 0.1) is 17.8 Å². The highest BCUT2D eigenvalue weighted by molar-refractivity contribution is 9.10. The van der Waals surface area contributed by atoms with Crippen molar-refractivity contribution in [2.75, 3.05) is 17.6 Å². The zero-order chi connectivity index (χ0) is 15.6. The van der Waals surface area contributed by atoms with E-state index in [9.17, 15) is 8.42 Å². The van der Waals surface area contributed by atoms with Gasteiger partial charge < -0.3 is 10.5 Å². The van der Waals surface area contributed by atoms with Crippen molar-refractivity contribution in [1.82, 2.24) is 0 Å². The highest BCUT2D eigenvalue weighted by Crippen LogP contribution is 2.31. The van der Waals surface area contributed by atoms with E-state index in [1.54, 1.807) is 18.2 Å². The molecular weight excluding hydrogens is 380 g/mol. The number of hydrogen-bond donors (Lipinski definition) is 2. The number of benzene rings is 2. The standard InChI is InChI=1S/C13H12BrClN2O3S/c1-20-12-7-9(16)3-5-13(12)21(18,19)17-11-4-2-8(14)6-10(11)15/h2-7,17H,16H2,1H3. The van der Waals surface area contributed by atoms with Gasteiger partial charge in [-0.15, -0.1) is 0 Å². The van der Waals surface area contributed by atoms with E-state index in [0.717, 1.165) is 4.47 Å². The lowest BCUT2D eigenvalue weighted by molar-refractivity contribution is 0.403. The second-order valence-corrected chi connectivity index (χ2v) is 7.11. The molecule has 2 aromatic rings. The number of sulfonamides is 1. The average Bonchev–Trinajstić information content (AvgIpc) is 2.41. The van der Waals surface area contributed by atoms with E-state index < -0.39 is 10.0 Å². The first-order valence-electron chi connectivity index (χ1n) is 5.75. The lowest BCUT2D eigenvalue weighted by Crippen LogP contribution is -2.14. The van der Waals surface area contributed by atoms with Crippen LogP contribution in [0.4, 0.5) is 11.4 Å². The Hall–Kier alpha value is -1.44. The van der Waals surface area contributed by atoms with Crippen molar-refractivity contribution in [3.8, 4) is 5.75 Å². The molecule has 8 heteroatoms. The molecule has 0 aliphatic rings. The van der Waals surface area contributed by atoms with Gasteiger partial charge in [-0.05, 0) is 30.3 Å². The number of nitrogen functional groups attached to an aromatic ring is 1. The molecule has 2 aromatic carbocycles. The van der Waals surface area contributed by atoms with Crippen LogP contribution in [0.5, 0.6) is 5.75 Å². The van der Waals surface area contributed by atoms with Gasteiger partial charge in [0, 0.05) is 16.2 Å². The number of halogens is 2. The Morgan fingerprint density at radius 3 is 2.57 bits per heavy atom. The Labute approximate surface area is 136 Å². The summed E-state index contributed by atoms with van der Waals surface area (Å²) >= 11 is 9.27. The predicted molar refractivity (Wildman–Crippen MR) is 87.4 cm³/mol. The van der Waals surface area contributed by atoms with Gasteiger partial charge >= 0.3 is 0 Å². The van der Waals surface area contributed by atoms with Gasteiger partial charge in [-0.25, -0.2) is 8.42 Å². The van der Waals surface area contributed by atoms with Gasteiger partial charge in [-0.3, -0.25) is 4.72 Å². The van der Waals surface area contributed by atoms with E-state index in [-0.39, 0.29) is 21.4 Å². The van der Waals surface area contributed by atoms with Crippen molar-refractivity contribution in [3.05, 3.63) is 45.9 Å². The molecule has 0 aliphatic heterocycles. The van der Waals surface area contributed by atoms with Gasteiger partial charge in [0.2, 0.25) is 0 Å². The lowest BCUT2D eigenvalue weighted by atomic mass is 10.3. The third-order valence-electron chi connectivity index (χ3n) is 2.65. The van der Waals surface area contributed by atoms with Gasteiger partial charge in [-0.1, -0.05) is 27.5 Å². The minimum absolute atomic E-state index is 0.0156. The number of anilines is 2. The largest absolute Gasteiger partial charge is 0.495 e. The van der Waals surface area contributed by atoms with Crippen molar-refractivity contribution in [2.45, 2.75) is 4.90 Å². The summed E-state index contributed by atoms with van der Waals surface area (Å²) in [6.45, 7) is 0. The van der Waals surface area contributed by atoms with E-state index in [2.05, 4.69) is 20.7 Å². The molecule has 0 amide bonds. The first-order chi connectivity index (χ1) is 9.83. The van der Waals surface area contributed by atoms with Crippen molar-refractivity contribution in [1.29, 1.82) is 0 Å². The molecule has 0 saturated carbocycles. The van der Waals surface area contributed by atoms with Crippen LogP contribution in [0.25, 0.3) is 0 Å². The van der Waals surface area contributed by atoms with E-state index >= 15 is 0 Å². The fourth-order valence-electron chi connectivity index (χ4n) is 1.68. The van der Waals surface area contributed by atoms with Crippen LogP contribution in [0.15, 0.2) is 45.8 Å². The summed E-state index contributed by atoms with van der Waals surface area (Å²) in [6.07, 6.45) is 0. The summed E-state index contributed by atoms with van der Waals surface area (Å²) in [5.74, 6) is 0.163. The molecule has 0 aliphatic carbocycles. The smallest absolute Gasteiger partial charge is 0.265 e. The molecule has 3 N–H and O–H groups in total. The molecular formula is C13H12BrClN2O3S. The number of hydrogen-bond acceptors (Lipinski definition) is 4. The lowest BCUT2D eigenvalue weighted by Gasteiger charge is -2.13. The number of nitrogens with two attached hydrogens (primary N) is 1. The van der Waals surface area contributed by atoms with Crippen molar-refractivity contribution in [3.63, 3.8) is 0 Å². The summed E-state index contributed by atoms with van der Waals surface area (Å²) in [4.78, 5) is -0.0156. The first kappa shape index (κ1) is 15.9. The van der Waals surface area contributed by atoms with Crippen LogP contribution in [0.2, 0.25) is 5.02 Å². The van der Waals surface area contributed by atoms with Crippen molar-refractivity contribution >= 4 is 48.9 Å². The summed E-state index contributed by atoms with van der Waals surface area (Å²) in [5.41, 5.74) is 6.30. The Morgan fingerprint density at radius 1 is 1.24 bits per heavy atom. The molecule has 0 heterocycles. The summed E-state index contributed by atoms with van der Waals surface area (Å²) in [7, 11) is -2.46. The maximum atomic E-state index is 12.4. The molecule has 21 heavy (non-hydrogen) atoms. The fraction of sp³-hybridized carbons (Fsp3) is 0.0769. The molecule has 0 spiro atoms. The van der Waals surface area contributed by atoms with Crippen molar-refractivity contribution < 1.29 is 13.2 Å². The normalized spacial score (nSPS) is 11.2. The second kappa shape index (κ2) is 6.13. The molecule has 0 radical (unpaired) electrons. The summed E-state index contributed by atoms with van der Waals surface area (Å²) in [5, 5.41) is 0.280. The summed E-state index contributed by atoms with van der Waals surface area (Å²) in [6, 6.07) is 9.15. The van der Waals surface area contributed by atoms with E-state index in [1.807, 2.05) is 0 Å². The van der Waals surface area contributed by atoms with Crippen LogP contribution in [0.1, 0.15) is 0 Å². The maximum absolute atomic E-state index is 12.4. The maximum Gasteiger partial charge on any atom is 0.265 e. The Balaban J connectivity index is 2.43. The fourth-order valence-corrected chi connectivity index (χ4v) is 3.69. The van der Waals surface area contributed by atoms with Crippen LogP contribution in [0.3, 0.4) is 0 Å². The minimum Gasteiger partial charge on any atom is -0.495 e. The Kier molecular flexibility index (Phi) is 4.65. The molecule has 2 rings (SSSR count). The average molecular weight is 392 g/mol. The number of ether oxygens (including phenoxy) is 1. The van der Waals surface area contributed by atoms with Crippen LogP contribution in [0, 0.1) is 0 Å². The molecule has 112 valence electrons. The second-order valence-electron chi connectivity index (χ2n) is 4.14. The van der Waals surface area contributed by atoms with Gasteiger partial charge in [0.15, 0.2) is 0 Å². The van der Waals surface area contributed by atoms with Crippen LogP contribution in [-0.2, 0) is 10.0 Å².